The van der Waals surface area contributed by atoms with Gasteiger partial charge in [-0.3, -0.25) is 0 Å². The van der Waals surface area contributed by atoms with Crippen molar-refractivity contribution < 1.29 is 4.52 Å². The minimum absolute atomic E-state index is 0.402. The Morgan fingerprint density at radius 2 is 2.47 bits per heavy atom. The van der Waals surface area contributed by atoms with Crippen LogP contribution in [0.25, 0.3) is 0 Å². The highest BCUT2D eigenvalue weighted by Gasteiger charge is 2.24. The Balaban J connectivity index is 1.67. The molecule has 0 saturated carbocycles. The SMILES string of the molecule is Cc1cc(CNC2CCc3sc(Cl)cc32)on1. The molecule has 5 heteroatoms. The Labute approximate surface area is 109 Å². The first-order valence-corrected chi connectivity index (χ1v) is 6.85. The van der Waals surface area contributed by atoms with Gasteiger partial charge >= 0.3 is 0 Å². The number of hydrogen-bond donors (Lipinski definition) is 1. The van der Waals surface area contributed by atoms with Crippen LogP contribution in [0, 0.1) is 6.92 Å². The van der Waals surface area contributed by atoms with Gasteiger partial charge in [0.2, 0.25) is 0 Å². The van der Waals surface area contributed by atoms with E-state index in [9.17, 15) is 0 Å². The van der Waals surface area contributed by atoms with E-state index in [0.717, 1.165) is 35.2 Å². The molecule has 1 aliphatic rings. The smallest absolute Gasteiger partial charge is 0.150 e. The Hall–Kier alpha value is -0.840. The van der Waals surface area contributed by atoms with Gasteiger partial charge < -0.3 is 9.84 Å². The molecule has 1 unspecified atom stereocenters. The number of thiophene rings is 1. The fourth-order valence-electron chi connectivity index (χ4n) is 2.27. The molecule has 0 spiro atoms. The zero-order chi connectivity index (χ0) is 11.8. The normalized spacial score (nSPS) is 18.6. The lowest BCUT2D eigenvalue weighted by atomic mass is 10.2. The molecule has 0 radical (unpaired) electrons. The van der Waals surface area contributed by atoms with Gasteiger partial charge in [-0.2, -0.15) is 0 Å². The van der Waals surface area contributed by atoms with Crippen molar-refractivity contribution in [3.8, 4) is 0 Å². The molecule has 0 bridgehead atoms. The number of hydrogen-bond acceptors (Lipinski definition) is 4. The van der Waals surface area contributed by atoms with Crippen molar-refractivity contribution in [3.63, 3.8) is 0 Å². The highest BCUT2D eigenvalue weighted by atomic mass is 35.5. The van der Waals surface area contributed by atoms with E-state index < -0.39 is 0 Å². The van der Waals surface area contributed by atoms with Crippen molar-refractivity contribution in [2.45, 2.75) is 32.4 Å². The Morgan fingerprint density at radius 1 is 1.59 bits per heavy atom. The second kappa shape index (κ2) is 4.44. The number of aryl methyl sites for hydroxylation is 2. The number of rotatable bonds is 3. The molecule has 3 nitrogen and oxygen atoms in total. The fraction of sp³-hybridized carbons (Fsp3) is 0.417. The predicted molar refractivity (Wildman–Crippen MR) is 68.5 cm³/mol. The van der Waals surface area contributed by atoms with Crippen LogP contribution < -0.4 is 5.32 Å². The van der Waals surface area contributed by atoms with Crippen LogP contribution in [0.3, 0.4) is 0 Å². The summed E-state index contributed by atoms with van der Waals surface area (Å²) in [5.41, 5.74) is 2.28. The van der Waals surface area contributed by atoms with Crippen LogP contribution in [0.1, 0.15) is 34.4 Å². The van der Waals surface area contributed by atoms with Crippen molar-refractivity contribution in [2.75, 3.05) is 0 Å². The standard InChI is InChI=1S/C12H13ClN2OS/c1-7-4-8(16-15-7)6-14-10-2-3-11-9(10)5-12(13)17-11/h4-5,10,14H,2-3,6H2,1H3. The molecule has 1 atom stereocenters. The van der Waals surface area contributed by atoms with Crippen LogP contribution in [0.2, 0.25) is 4.34 Å². The molecular weight excluding hydrogens is 256 g/mol. The average molecular weight is 269 g/mol. The molecule has 90 valence electrons. The van der Waals surface area contributed by atoms with Crippen LogP contribution in [0.4, 0.5) is 0 Å². The number of nitrogens with zero attached hydrogens (tertiary/aromatic N) is 1. The lowest BCUT2D eigenvalue weighted by Crippen LogP contribution is -2.18. The number of nitrogens with one attached hydrogen (secondary N) is 1. The van der Waals surface area contributed by atoms with Gasteiger partial charge in [0, 0.05) is 17.0 Å². The lowest BCUT2D eigenvalue weighted by molar-refractivity contribution is 0.360. The minimum atomic E-state index is 0.402. The maximum absolute atomic E-state index is 6.03. The van der Waals surface area contributed by atoms with Crippen molar-refractivity contribution >= 4 is 22.9 Å². The van der Waals surface area contributed by atoms with Crippen LogP contribution in [-0.4, -0.2) is 5.16 Å². The third-order valence-electron chi connectivity index (χ3n) is 3.05. The molecule has 0 aromatic carbocycles. The van der Waals surface area contributed by atoms with Gasteiger partial charge in [0.15, 0.2) is 5.76 Å². The van der Waals surface area contributed by atoms with E-state index in [0.29, 0.717) is 6.04 Å². The molecule has 0 saturated heterocycles. The molecule has 0 fully saturated rings. The summed E-state index contributed by atoms with van der Waals surface area (Å²) in [4.78, 5) is 1.42. The van der Waals surface area contributed by atoms with E-state index in [2.05, 4.69) is 16.5 Å². The van der Waals surface area contributed by atoms with Crippen molar-refractivity contribution in [1.82, 2.24) is 10.5 Å². The summed E-state index contributed by atoms with van der Waals surface area (Å²) in [6.45, 7) is 2.65. The van der Waals surface area contributed by atoms with Crippen LogP contribution in [0.5, 0.6) is 0 Å². The van der Waals surface area contributed by atoms with Gasteiger partial charge in [0.05, 0.1) is 16.6 Å². The van der Waals surface area contributed by atoms with Crippen LogP contribution in [0.15, 0.2) is 16.7 Å². The molecular formula is C12H13ClN2OS. The van der Waals surface area contributed by atoms with Crippen molar-refractivity contribution in [2.24, 2.45) is 0 Å². The largest absolute Gasteiger partial charge is 0.360 e. The summed E-state index contributed by atoms with van der Waals surface area (Å²) in [7, 11) is 0. The molecule has 0 aliphatic heterocycles. The fourth-order valence-corrected chi connectivity index (χ4v) is 3.62. The lowest BCUT2D eigenvalue weighted by Gasteiger charge is -2.10. The second-order valence-electron chi connectivity index (χ2n) is 4.34. The molecule has 17 heavy (non-hydrogen) atoms. The highest BCUT2D eigenvalue weighted by molar-refractivity contribution is 7.16. The molecule has 1 N–H and O–H groups in total. The van der Waals surface area contributed by atoms with Gasteiger partial charge in [-0.1, -0.05) is 16.8 Å². The van der Waals surface area contributed by atoms with E-state index in [1.165, 1.54) is 10.4 Å². The molecule has 0 amide bonds. The Morgan fingerprint density at radius 3 is 3.24 bits per heavy atom. The Kier molecular flexibility index (Phi) is 2.94. The number of fused-ring (bicyclic) bond motifs is 1. The molecule has 1 aliphatic carbocycles. The van der Waals surface area contributed by atoms with E-state index in [1.54, 1.807) is 11.3 Å². The summed E-state index contributed by atoms with van der Waals surface area (Å²) in [5, 5.41) is 7.37. The quantitative estimate of drug-likeness (QED) is 0.926. The zero-order valence-corrected chi connectivity index (χ0v) is 11.1. The van der Waals surface area contributed by atoms with Gasteiger partial charge in [-0.25, -0.2) is 0 Å². The topological polar surface area (TPSA) is 38.1 Å². The third kappa shape index (κ3) is 2.25. The van der Waals surface area contributed by atoms with E-state index in [-0.39, 0.29) is 0 Å². The van der Waals surface area contributed by atoms with Crippen molar-refractivity contribution in [3.05, 3.63) is 38.4 Å². The predicted octanol–water partition coefficient (Wildman–Crippen LogP) is 3.48. The van der Waals surface area contributed by atoms with Crippen LogP contribution >= 0.6 is 22.9 Å². The van der Waals surface area contributed by atoms with E-state index >= 15 is 0 Å². The van der Waals surface area contributed by atoms with Gasteiger partial charge in [-0.15, -0.1) is 11.3 Å². The number of aromatic nitrogens is 1. The van der Waals surface area contributed by atoms with Gasteiger partial charge in [0.25, 0.3) is 0 Å². The van der Waals surface area contributed by atoms with Crippen molar-refractivity contribution in [1.29, 1.82) is 0 Å². The van der Waals surface area contributed by atoms with Gasteiger partial charge in [0.1, 0.15) is 0 Å². The summed E-state index contributed by atoms with van der Waals surface area (Å²) in [6.07, 6.45) is 2.27. The molecule has 2 aromatic heterocycles. The van der Waals surface area contributed by atoms with Gasteiger partial charge in [-0.05, 0) is 31.4 Å². The number of halogens is 1. The first kappa shape index (κ1) is 11.3. The molecule has 2 aromatic rings. The summed E-state index contributed by atoms with van der Waals surface area (Å²) in [6, 6.07) is 4.44. The van der Waals surface area contributed by atoms with E-state index in [1.807, 2.05) is 13.0 Å². The monoisotopic (exact) mass is 268 g/mol. The molecule has 2 heterocycles. The maximum atomic E-state index is 6.03. The van der Waals surface area contributed by atoms with E-state index in [4.69, 9.17) is 16.1 Å². The first-order valence-electron chi connectivity index (χ1n) is 5.66. The third-order valence-corrected chi connectivity index (χ3v) is 4.39. The summed E-state index contributed by atoms with van der Waals surface area (Å²) >= 11 is 7.72. The summed E-state index contributed by atoms with van der Waals surface area (Å²) < 4.78 is 6.07. The average Bonchev–Trinajstić information content (AvgIpc) is 2.92. The first-order chi connectivity index (χ1) is 8.22. The van der Waals surface area contributed by atoms with Crippen LogP contribution in [-0.2, 0) is 13.0 Å². The molecule has 3 rings (SSSR count). The summed E-state index contributed by atoms with van der Waals surface area (Å²) in [5.74, 6) is 0.886. The maximum Gasteiger partial charge on any atom is 0.150 e. The highest BCUT2D eigenvalue weighted by Crippen LogP contribution is 2.39. The second-order valence-corrected chi connectivity index (χ2v) is 6.10. The zero-order valence-electron chi connectivity index (χ0n) is 9.50. The Bertz CT molecular complexity index is 534. The minimum Gasteiger partial charge on any atom is -0.360 e.